The average molecular weight is 302 g/mol. The van der Waals surface area contributed by atoms with Crippen molar-refractivity contribution in [3.05, 3.63) is 54.9 Å². The Morgan fingerprint density at radius 2 is 2.00 bits per heavy atom. The number of nitrogens with two attached hydrogens (primary N) is 2. The first-order valence-electron chi connectivity index (χ1n) is 7.13. The predicted molar refractivity (Wildman–Crippen MR) is 92.3 cm³/mol. The van der Waals surface area contributed by atoms with Gasteiger partial charge >= 0.3 is 0 Å². The molecule has 23 heavy (non-hydrogen) atoms. The summed E-state index contributed by atoms with van der Waals surface area (Å²) in [5, 5.41) is 2.18. The van der Waals surface area contributed by atoms with Gasteiger partial charge in [0.2, 0.25) is 0 Å². The second kappa shape index (κ2) is 5.10. The van der Waals surface area contributed by atoms with Crippen LogP contribution in [-0.4, -0.2) is 20.9 Å². The number of pyridine rings is 1. The lowest BCUT2D eigenvalue weighted by Crippen LogP contribution is -2.21. The van der Waals surface area contributed by atoms with Crippen LogP contribution in [0.3, 0.4) is 0 Å². The van der Waals surface area contributed by atoms with E-state index in [0.29, 0.717) is 5.69 Å². The minimum absolute atomic E-state index is 0.0330. The Kier molecular flexibility index (Phi) is 2.94. The SMILES string of the molecule is NC(N)=Nc1ccc2nc(-c3cccc4cnccc34)[nH]c2c1. The zero-order valence-corrected chi connectivity index (χ0v) is 12.2. The number of nitrogens with zero attached hydrogens (tertiary/aromatic N) is 3. The van der Waals surface area contributed by atoms with E-state index in [9.17, 15) is 0 Å². The normalized spacial score (nSPS) is 11.0. The van der Waals surface area contributed by atoms with Gasteiger partial charge in [0.25, 0.3) is 0 Å². The van der Waals surface area contributed by atoms with Crippen molar-refractivity contribution in [2.45, 2.75) is 0 Å². The van der Waals surface area contributed by atoms with Gasteiger partial charge in [-0.25, -0.2) is 9.98 Å². The Labute approximate surface area is 131 Å². The van der Waals surface area contributed by atoms with Crippen LogP contribution in [-0.2, 0) is 0 Å². The number of rotatable bonds is 2. The number of aromatic amines is 1. The smallest absolute Gasteiger partial charge is 0.191 e. The van der Waals surface area contributed by atoms with Crippen LogP contribution in [0.25, 0.3) is 33.2 Å². The number of H-pyrrole nitrogens is 1. The summed E-state index contributed by atoms with van der Waals surface area (Å²) < 4.78 is 0. The third-order valence-electron chi connectivity index (χ3n) is 3.66. The molecular formula is C17H14N6. The minimum atomic E-state index is 0.0330. The van der Waals surface area contributed by atoms with Crippen molar-refractivity contribution in [1.82, 2.24) is 15.0 Å². The van der Waals surface area contributed by atoms with Crippen LogP contribution < -0.4 is 11.5 Å². The molecule has 5 N–H and O–H groups in total. The zero-order valence-electron chi connectivity index (χ0n) is 12.2. The monoisotopic (exact) mass is 302 g/mol. The molecule has 112 valence electrons. The highest BCUT2D eigenvalue weighted by molar-refractivity contribution is 5.96. The molecule has 0 aliphatic heterocycles. The van der Waals surface area contributed by atoms with Crippen LogP contribution in [0.1, 0.15) is 0 Å². The minimum Gasteiger partial charge on any atom is -0.370 e. The van der Waals surface area contributed by atoms with Gasteiger partial charge in [-0.3, -0.25) is 4.98 Å². The Balaban J connectivity index is 1.90. The number of benzene rings is 2. The van der Waals surface area contributed by atoms with E-state index in [1.165, 1.54) is 0 Å². The largest absolute Gasteiger partial charge is 0.370 e. The van der Waals surface area contributed by atoms with Crippen molar-refractivity contribution < 1.29 is 0 Å². The highest BCUT2D eigenvalue weighted by Gasteiger charge is 2.09. The Hall–Kier alpha value is -3.41. The molecule has 0 spiro atoms. The molecule has 0 aliphatic carbocycles. The summed E-state index contributed by atoms with van der Waals surface area (Å²) in [4.78, 5) is 16.2. The van der Waals surface area contributed by atoms with Gasteiger partial charge in [0.15, 0.2) is 5.96 Å². The number of nitrogens with one attached hydrogen (secondary N) is 1. The van der Waals surface area contributed by atoms with Gasteiger partial charge in [-0.2, -0.15) is 0 Å². The molecule has 4 aromatic rings. The molecule has 0 bridgehead atoms. The summed E-state index contributed by atoms with van der Waals surface area (Å²) in [6.07, 6.45) is 3.63. The van der Waals surface area contributed by atoms with Crippen LogP contribution in [0.4, 0.5) is 5.69 Å². The van der Waals surface area contributed by atoms with E-state index in [1.807, 2.05) is 48.7 Å². The maximum atomic E-state index is 5.42. The van der Waals surface area contributed by atoms with Crippen molar-refractivity contribution >= 4 is 33.5 Å². The van der Waals surface area contributed by atoms with E-state index in [0.717, 1.165) is 33.2 Å². The maximum Gasteiger partial charge on any atom is 0.191 e. The van der Waals surface area contributed by atoms with Crippen LogP contribution in [0.15, 0.2) is 59.9 Å². The van der Waals surface area contributed by atoms with Crippen LogP contribution in [0, 0.1) is 0 Å². The second-order valence-electron chi connectivity index (χ2n) is 5.23. The fourth-order valence-electron chi connectivity index (χ4n) is 2.67. The van der Waals surface area contributed by atoms with E-state index in [-0.39, 0.29) is 5.96 Å². The van der Waals surface area contributed by atoms with Crippen LogP contribution >= 0.6 is 0 Å². The van der Waals surface area contributed by atoms with Gasteiger partial charge in [-0.05, 0) is 29.7 Å². The molecule has 2 heterocycles. The maximum absolute atomic E-state index is 5.42. The van der Waals surface area contributed by atoms with Gasteiger partial charge in [0, 0.05) is 23.3 Å². The van der Waals surface area contributed by atoms with Crippen molar-refractivity contribution in [3.8, 4) is 11.4 Å². The number of guanidine groups is 1. The lowest BCUT2D eigenvalue weighted by atomic mass is 10.1. The van der Waals surface area contributed by atoms with E-state index in [4.69, 9.17) is 11.5 Å². The molecule has 0 aliphatic rings. The molecule has 0 amide bonds. The van der Waals surface area contributed by atoms with Gasteiger partial charge in [-0.1, -0.05) is 18.2 Å². The van der Waals surface area contributed by atoms with Gasteiger partial charge in [-0.15, -0.1) is 0 Å². The zero-order chi connectivity index (χ0) is 15.8. The molecule has 2 aromatic carbocycles. The first-order valence-corrected chi connectivity index (χ1v) is 7.13. The number of hydrogen-bond donors (Lipinski definition) is 3. The molecule has 0 unspecified atom stereocenters. The summed E-state index contributed by atoms with van der Waals surface area (Å²) in [5.41, 5.74) is 14.3. The molecule has 0 radical (unpaired) electrons. The number of aromatic nitrogens is 3. The summed E-state index contributed by atoms with van der Waals surface area (Å²) in [5.74, 6) is 0.837. The fourth-order valence-corrected chi connectivity index (χ4v) is 2.67. The number of fused-ring (bicyclic) bond motifs is 2. The number of hydrogen-bond acceptors (Lipinski definition) is 3. The predicted octanol–water partition coefficient (Wildman–Crippen LogP) is 2.68. The topological polar surface area (TPSA) is 106 Å². The van der Waals surface area contributed by atoms with Crippen molar-refractivity contribution in [3.63, 3.8) is 0 Å². The van der Waals surface area contributed by atoms with E-state index >= 15 is 0 Å². The Morgan fingerprint density at radius 3 is 2.87 bits per heavy atom. The van der Waals surface area contributed by atoms with Crippen molar-refractivity contribution in [1.29, 1.82) is 0 Å². The van der Waals surface area contributed by atoms with E-state index < -0.39 is 0 Å². The first kappa shape index (κ1) is 13.3. The summed E-state index contributed by atoms with van der Waals surface area (Å²) >= 11 is 0. The summed E-state index contributed by atoms with van der Waals surface area (Å²) in [6.45, 7) is 0. The highest BCUT2D eigenvalue weighted by atomic mass is 15.0. The van der Waals surface area contributed by atoms with Gasteiger partial charge in [0.1, 0.15) is 5.82 Å². The molecule has 4 rings (SSSR count). The van der Waals surface area contributed by atoms with E-state index in [1.54, 1.807) is 6.20 Å². The Bertz CT molecular complexity index is 1040. The fraction of sp³-hybridized carbons (Fsp3) is 0. The third-order valence-corrected chi connectivity index (χ3v) is 3.66. The molecule has 0 saturated carbocycles. The lowest BCUT2D eigenvalue weighted by molar-refractivity contribution is 1.33. The number of aliphatic imine (C=N–C) groups is 1. The average Bonchev–Trinajstić information content (AvgIpc) is 2.96. The van der Waals surface area contributed by atoms with E-state index in [2.05, 4.69) is 19.9 Å². The Morgan fingerprint density at radius 1 is 1.09 bits per heavy atom. The van der Waals surface area contributed by atoms with Gasteiger partial charge in [0.05, 0.1) is 16.7 Å². The van der Waals surface area contributed by atoms with Crippen LogP contribution in [0.5, 0.6) is 0 Å². The van der Waals surface area contributed by atoms with Crippen molar-refractivity contribution in [2.75, 3.05) is 0 Å². The third kappa shape index (κ3) is 2.36. The molecule has 0 saturated heterocycles. The molecular weight excluding hydrogens is 288 g/mol. The number of imidazole rings is 1. The first-order chi connectivity index (χ1) is 11.2. The standard InChI is InChI=1S/C17H14N6/c18-17(19)21-11-4-5-14-15(8-11)23-16(22-14)13-3-1-2-10-9-20-7-6-12(10)13/h1-9H,(H,22,23)(H4,18,19,21). The quantitative estimate of drug-likeness (QED) is 0.391. The molecule has 2 aromatic heterocycles. The van der Waals surface area contributed by atoms with Crippen LogP contribution in [0.2, 0.25) is 0 Å². The summed E-state index contributed by atoms with van der Waals surface area (Å²) in [7, 11) is 0. The van der Waals surface area contributed by atoms with Gasteiger partial charge < -0.3 is 16.5 Å². The van der Waals surface area contributed by atoms with Crippen molar-refractivity contribution in [2.24, 2.45) is 16.5 Å². The second-order valence-corrected chi connectivity index (χ2v) is 5.23. The molecule has 6 nitrogen and oxygen atoms in total. The molecule has 0 atom stereocenters. The lowest BCUT2D eigenvalue weighted by Gasteiger charge is -2.02. The summed E-state index contributed by atoms with van der Waals surface area (Å²) in [6, 6.07) is 13.7. The molecule has 6 heteroatoms. The highest BCUT2D eigenvalue weighted by Crippen LogP contribution is 2.28. The molecule has 0 fully saturated rings.